The molecule has 0 unspecified atom stereocenters. The zero-order valence-corrected chi connectivity index (χ0v) is 11.0. The fourth-order valence-corrected chi connectivity index (χ4v) is 2.45. The van der Waals surface area contributed by atoms with Crippen LogP contribution in [-0.2, 0) is 0 Å². The second-order valence-corrected chi connectivity index (χ2v) is 4.59. The monoisotopic (exact) mass is 248 g/mol. The molecular formula is C14H20N2O2. The zero-order chi connectivity index (χ0) is 13.0. The fraction of sp³-hybridized carbons (Fsp3) is 0.500. The van der Waals surface area contributed by atoms with E-state index in [4.69, 9.17) is 4.74 Å². The van der Waals surface area contributed by atoms with Gasteiger partial charge >= 0.3 is 6.03 Å². The number of piperidine rings is 1. The van der Waals surface area contributed by atoms with Gasteiger partial charge in [0.05, 0.1) is 7.11 Å². The standard InChI is InChI=1S/C14H20N2O2/c1-15-14(17)16-9-7-12(8-10-16)11-3-5-13(18-2)6-4-11/h3-6,12H,7-10H2,1-2H3,(H,15,17). The van der Waals surface area contributed by atoms with Crippen LogP contribution in [0.3, 0.4) is 0 Å². The second kappa shape index (κ2) is 5.76. The predicted molar refractivity (Wildman–Crippen MR) is 71.0 cm³/mol. The Morgan fingerprint density at radius 2 is 1.89 bits per heavy atom. The van der Waals surface area contributed by atoms with Gasteiger partial charge in [0.15, 0.2) is 0 Å². The molecule has 0 spiro atoms. The number of methoxy groups -OCH3 is 1. The lowest BCUT2D eigenvalue weighted by Crippen LogP contribution is -2.42. The van der Waals surface area contributed by atoms with E-state index in [2.05, 4.69) is 17.4 Å². The highest BCUT2D eigenvalue weighted by Crippen LogP contribution is 2.29. The number of nitrogens with zero attached hydrogens (tertiary/aromatic N) is 1. The van der Waals surface area contributed by atoms with Crippen LogP contribution in [0.2, 0.25) is 0 Å². The predicted octanol–water partition coefficient (Wildman–Crippen LogP) is 2.21. The Morgan fingerprint density at radius 1 is 1.28 bits per heavy atom. The molecule has 18 heavy (non-hydrogen) atoms. The maximum absolute atomic E-state index is 11.5. The molecule has 0 aromatic heterocycles. The van der Waals surface area contributed by atoms with E-state index in [0.717, 1.165) is 31.7 Å². The van der Waals surface area contributed by atoms with Gasteiger partial charge < -0.3 is 15.0 Å². The molecule has 0 bridgehead atoms. The normalized spacial score (nSPS) is 16.4. The molecule has 0 atom stereocenters. The summed E-state index contributed by atoms with van der Waals surface area (Å²) in [4.78, 5) is 13.4. The Labute approximate surface area is 108 Å². The first-order valence-electron chi connectivity index (χ1n) is 6.35. The van der Waals surface area contributed by atoms with Crippen LogP contribution < -0.4 is 10.1 Å². The first-order chi connectivity index (χ1) is 8.74. The molecule has 1 aromatic carbocycles. The molecular weight excluding hydrogens is 228 g/mol. The third kappa shape index (κ3) is 2.75. The van der Waals surface area contributed by atoms with Gasteiger partial charge in [-0.2, -0.15) is 0 Å². The lowest BCUT2D eigenvalue weighted by atomic mass is 9.89. The van der Waals surface area contributed by atoms with E-state index >= 15 is 0 Å². The minimum atomic E-state index is 0.0307. The first-order valence-corrected chi connectivity index (χ1v) is 6.35. The molecule has 1 fully saturated rings. The van der Waals surface area contributed by atoms with Crippen molar-refractivity contribution in [2.24, 2.45) is 0 Å². The molecule has 2 amide bonds. The molecule has 0 radical (unpaired) electrons. The van der Waals surface area contributed by atoms with Crippen molar-refractivity contribution in [2.75, 3.05) is 27.2 Å². The van der Waals surface area contributed by atoms with Crippen molar-refractivity contribution >= 4 is 6.03 Å². The Balaban J connectivity index is 1.94. The highest BCUT2D eigenvalue weighted by molar-refractivity contribution is 5.73. The van der Waals surface area contributed by atoms with Gasteiger partial charge in [-0.3, -0.25) is 0 Å². The summed E-state index contributed by atoms with van der Waals surface area (Å²) < 4.78 is 5.16. The molecule has 4 nitrogen and oxygen atoms in total. The van der Waals surface area contributed by atoms with Crippen LogP contribution in [0.25, 0.3) is 0 Å². The number of nitrogens with one attached hydrogen (secondary N) is 1. The molecule has 4 heteroatoms. The van der Waals surface area contributed by atoms with E-state index in [9.17, 15) is 4.79 Å². The molecule has 1 aliphatic heterocycles. The summed E-state index contributed by atoms with van der Waals surface area (Å²) in [5.74, 6) is 1.44. The molecule has 1 N–H and O–H groups in total. The van der Waals surface area contributed by atoms with Crippen molar-refractivity contribution in [3.8, 4) is 5.75 Å². The van der Waals surface area contributed by atoms with Crippen LogP contribution in [0.5, 0.6) is 5.75 Å². The SMILES string of the molecule is CNC(=O)N1CCC(c2ccc(OC)cc2)CC1. The molecule has 0 aliphatic carbocycles. The van der Waals surface area contributed by atoms with Crippen LogP contribution in [0.1, 0.15) is 24.3 Å². The highest BCUT2D eigenvalue weighted by atomic mass is 16.5. The number of hydrogen-bond donors (Lipinski definition) is 1. The van der Waals surface area contributed by atoms with E-state index in [1.807, 2.05) is 17.0 Å². The minimum Gasteiger partial charge on any atom is -0.497 e. The molecule has 2 rings (SSSR count). The quantitative estimate of drug-likeness (QED) is 0.872. The van der Waals surface area contributed by atoms with Crippen LogP contribution in [-0.4, -0.2) is 38.2 Å². The maximum Gasteiger partial charge on any atom is 0.317 e. The van der Waals surface area contributed by atoms with E-state index in [1.54, 1.807) is 14.2 Å². The summed E-state index contributed by atoms with van der Waals surface area (Å²) in [5, 5.41) is 2.67. The first kappa shape index (κ1) is 12.7. The van der Waals surface area contributed by atoms with Gasteiger partial charge in [-0.1, -0.05) is 12.1 Å². The lowest BCUT2D eigenvalue weighted by molar-refractivity contribution is 0.183. The number of carbonyl (C=O) groups is 1. The number of carbonyl (C=O) groups excluding carboxylic acids is 1. The maximum atomic E-state index is 11.5. The van der Waals surface area contributed by atoms with Crippen molar-refractivity contribution < 1.29 is 9.53 Å². The molecule has 98 valence electrons. The number of urea groups is 1. The number of ether oxygens (including phenoxy) is 1. The molecule has 1 aliphatic rings. The summed E-state index contributed by atoms with van der Waals surface area (Å²) in [5.41, 5.74) is 1.34. The van der Waals surface area contributed by atoms with E-state index in [-0.39, 0.29) is 6.03 Å². The lowest BCUT2D eigenvalue weighted by Gasteiger charge is -2.31. The Hall–Kier alpha value is -1.71. The Bertz CT molecular complexity index is 395. The smallest absolute Gasteiger partial charge is 0.317 e. The van der Waals surface area contributed by atoms with Gasteiger partial charge in [-0.05, 0) is 36.5 Å². The van der Waals surface area contributed by atoms with Crippen molar-refractivity contribution in [1.82, 2.24) is 10.2 Å². The van der Waals surface area contributed by atoms with Crippen LogP contribution >= 0.6 is 0 Å². The average molecular weight is 248 g/mol. The van der Waals surface area contributed by atoms with Crippen molar-refractivity contribution in [1.29, 1.82) is 0 Å². The summed E-state index contributed by atoms with van der Waals surface area (Å²) in [6, 6.07) is 8.28. The van der Waals surface area contributed by atoms with E-state index in [0.29, 0.717) is 5.92 Å². The molecule has 1 aromatic rings. The molecule has 0 saturated carbocycles. The third-order valence-electron chi connectivity index (χ3n) is 3.58. The minimum absolute atomic E-state index is 0.0307. The second-order valence-electron chi connectivity index (χ2n) is 4.59. The fourth-order valence-electron chi connectivity index (χ4n) is 2.45. The summed E-state index contributed by atoms with van der Waals surface area (Å²) in [6.07, 6.45) is 2.06. The van der Waals surface area contributed by atoms with Crippen molar-refractivity contribution in [3.63, 3.8) is 0 Å². The number of likely N-dealkylation sites (tertiary alicyclic amines) is 1. The number of hydrogen-bond acceptors (Lipinski definition) is 2. The Kier molecular flexibility index (Phi) is 4.07. The van der Waals surface area contributed by atoms with E-state index < -0.39 is 0 Å². The van der Waals surface area contributed by atoms with Crippen LogP contribution in [0, 0.1) is 0 Å². The molecule has 1 saturated heterocycles. The number of benzene rings is 1. The van der Waals surface area contributed by atoms with Crippen molar-refractivity contribution in [3.05, 3.63) is 29.8 Å². The largest absolute Gasteiger partial charge is 0.497 e. The van der Waals surface area contributed by atoms with Crippen LogP contribution in [0.15, 0.2) is 24.3 Å². The van der Waals surface area contributed by atoms with Gasteiger partial charge in [0, 0.05) is 20.1 Å². The molecule has 1 heterocycles. The van der Waals surface area contributed by atoms with E-state index in [1.165, 1.54) is 5.56 Å². The van der Waals surface area contributed by atoms with Gasteiger partial charge in [-0.15, -0.1) is 0 Å². The van der Waals surface area contributed by atoms with Gasteiger partial charge in [0.1, 0.15) is 5.75 Å². The summed E-state index contributed by atoms with van der Waals surface area (Å²) in [6.45, 7) is 1.66. The summed E-state index contributed by atoms with van der Waals surface area (Å²) in [7, 11) is 3.36. The zero-order valence-electron chi connectivity index (χ0n) is 11.0. The van der Waals surface area contributed by atoms with Crippen LogP contribution in [0.4, 0.5) is 4.79 Å². The number of rotatable bonds is 2. The topological polar surface area (TPSA) is 41.6 Å². The highest BCUT2D eigenvalue weighted by Gasteiger charge is 2.22. The van der Waals surface area contributed by atoms with Gasteiger partial charge in [0.25, 0.3) is 0 Å². The Morgan fingerprint density at radius 3 is 2.39 bits per heavy atom. The third-order valence-corrected chi connectivity index (χ3v) is 3.58. The average Bonchev–Trinajstić information content (AvgIpc) is 2.47. The van der Waals surface area contributed by atoms with Gasteiger partial charge in [-0.25, -0.2) is 4.79 Å². The number of amides is 2. The van der Waals surface area contributed by atoms with Gasteiger partial charge in [0.2, 0.25) is 0 Å². The van der Waals surface area contributed by atoms with Crippen molar-refractivity contribution in [2.45, 2.75) is 18.8 Å². The summed E-state index contributed by atoms with van der Waals surface area (Å²) >= 11 is 0.